The highest BCUT2D eigenvalue weighted by Crippen LogP contribution is 2.16. The highest BCUT2D eigenvalue weighted by molar-refractivity contribution is 5.98. The molecule has 3 rings (SSSR count). The van der Waals surface area contributed by atoms with Crippen molar-refractivity contribution in [2.45, 2.75) is 20.8 Å². The number of carbonyl (C=O) groups is 1. The molecule has 1 N–H and O–H groups in total. The third-order valence-electron chi connectivity index (χ3n) is 3.95. The van der Waals surface area contributed by atoms with Crippen LogP contribution in [0.15, 0.2) is 30.3 Å². The van der Waals surface area contributed by atoms with Gasteiger partial charge in [-0.15, -0.1) is 0 Å². The van der Waals surface area contributed by atoms with Crippen molar-refractivity contribution in [2.75, 3.05) is 32.7 Å². The molecular formula is C18H25N3O. The fourth-order valence-corrected chi connectivity index (χ4v) is 2.60. The Morgan fingerprint density at radius 1 is 1.27 bits per heavy atom. The van der Waals surface area contributed by atoms with Gasteiger partial charge in [-0.3, -0.25) is 9.78 Å². The van der Waals surface area contributed by atoms with Gasteiger partial charge in [0.2, 0.25) is 0 Å². The molecule has 1 aliphatic heterocycles. The lowest BCUT2D eigenvalue weighted by atomic mass is 10.1. The summed E-state index contributed by atoms with van der Waals surface area (Å²) in [6.45, 7) is 11.7. The highest BCUT2D eigenvalue weighted by Gasteiger charge is 2.06. The van der Waals surface area contributed by atoms with Gasteiger partial charge in [-0.2, -0.15) is 0 Å². The number of hydrogen-bond acceptors (Lipinski definition) is 4. The van der Waals surface area contributed by atoms with Gasteiger partial charge in [-0.1, -0.05) is 25.1 Å². The number of carbonyl (C=O) groups excluding carboxylic acids is 1. The second kappa shape index (κ2) is 8.01. The first-order chi connectivity index (χ1) is 10.6. The van der Waals surface area contributed by atoms with Gasteiger partial charge >= 0.3 is 0 Å². The van der Waals surface area contributed by atoms with Crippen LogP contribution in [0.2, 0.25) is 0 Å². The van der Waals surface area contributed by atoms with Crippen molar-refractivity contribution in [1.29, 1.82) is 0 Å². The van der Waals surface area contributed by atoms with Crippen LogP contribution >= 0.6 is 0 Å². The molecular weight excluding hydrogens is 274 g/mol. The van der Waals surface area contributed by atoms with E-state index in [2.05, 4.69) is 22.1 Å². The average molecular weight is 299 g/mol. The van der Waals surface area contributed by atoms with Gasteiger partial charge in [0, 0.05) is 42.8 Å². The fourth-order valence-electron chi connectivity index (χ4n) is 2.60. The van der Waals surface area contributed by atoms with Gasteiger partial charge < -0.3 is 10.2 Å². The minimum absolute atomic E-state index is 0.0701. The summed E-state index contributed by atoms with van der Waals surface area (Å²) in [6, 6.07) is 9.71. The van der Waals surface area contributed by atoms with E-state index in [4.69, 9.17) is 0 Å². The Hall–Kier alpha value is -1.78. The molecule has 0 radical (unpaired) electrons. The number of fused-ring (bicyclic) bond motifs is 1. The maximum absolute atomic E-state index is 11.3. The van der Waals surface area contributed by atoms with Crippen LogP contribution in [0, 0.1) is 6.92 Å². The van der Waals surface area contributed by atoms with Crippen LogP contribution in [0.1, 0.15) is 29.9 Å². The van der Waals surface area contributed by atoms with Crippen LogP contribution < -0.4 is 5.32 Å². The summed E-state index contributed by atoms with van der Waals surface area (Å²) in [6.07, 6.45) is 0. The molecule has 118 valence electrons. The van der Waals surface area contributed by atoms with Gasteiger partial charge in [-0.25, -0.2) is 0 Å². The predicted molar refractivity (Wildman–Crippen MR) is 91.5 cm³/mol. The van der Waals surface area contributed by atoms with Crippen LogP contribution in [-0.4, -0.2) is 48.4 Å². The van der Waals surface area contributed by atoms with Crippen LogP contribution in [0.5, 0.6) is 0 Å². The largest absolute Gasteiger partial charge is 0.314 e. The first kappa shape index (κ1) is 16.6. The molecule has 1 aromatic heterocycles. The molecule has 4 heteroatoms. The zero-order valence-corrected chi connectivity index (χ0v) is 13.7. The average Bonchev–Trinajstić information content (AvgIpc) is 2.55. The zero-order chi connectivity index (χ0) is 15.9. The summed E-state index contributed by atoms with van der Waals surface area (Å²) >= 11 is 0. The first-order valence-electron chi connectivity index (χ1n) is 7.92. The number of aryl methyl sites for hydroxylation is 1. The van der Waals surface area contributed by atoms with Gasteiger partial charge in [0.25, 0.3) is 0 Å². The Balaban J connectivity index is 0.000000188. The van der Waals surface area contributed by atoms with E-state index >= 15 is 0 Å². The molecule has 0 aliphatic carbocycles. The number of nitrogens with zero attached hydrogens (tertiary/aromatic N) is 2. The van der Waals surface area contributed by atoms with E-state index in [1.54, 1.807) is 6.92 Å². The summed E-state index contributed by atoms with van der Waals surface area (Å²) in [5.74, 6) is 0.0701. The fraction of sp³-hybridized carbons (Fsp3) is 0.444. The van der Waals surface area contributed by atoms with Crippen molar-refractivity contribution in [3.05, 3.63) is 41.6 Å². The van der Waals surface area contributed by atoms with Crippen LogP contribution in [-0.2, 0) is 0 Å². The Bertz CT molecular complexity index is 633. The number of piperazine rings is 1. The Morgan fingerprint density at radius 3 is 2.55 bits per heavy atom. The first-order valence-corrected chi connectivity index (χ1v) is 7.92. The molecule has 1 aromatic carbocycles. The van der Waals surface area contributed by atoms with E-state index < -0.39 is 0 Å². The van der Waals surface area contributed by atoms with Crippen molar-refractivity contribution < 1.29 is 4.79 Å². The molecule has 0 spiro atoms. The van der Waals surface area contributed by atoms with E-state index in [1.807, 2.05) is 37.3 Å². The summed E-state index contributed by atoms with van der Waals surface area (Å²) < 4.78 is 0. The van der Waals surface area contributed by atoms with Gasteiger partial charge in [0.05, 0.1) is 5.52 Å². The topological polar surface area (TPSA) is 45.2 Å². The minimum Gasteiger partial charge on any atom is -0.314 e. The zero-order valence-electron chi connectivity index (χ0n) is 13.7. The summed E-state index contributed by atoms with van der Waals surface area (Å²) in [5.41, 5.74) is 2.45. The molecule has 2 heterocycles. The lowest BCUT2D eigenvalue weighted by molar-refractivity contribution is 0.101. The quantitative estimate of drug-likeness (QED) is 0.866. The Morgan fingerprint density at radius 2 is 1.95 bits per heavy atom. The molecule has 4 nitrogen and oxygen atoms in total. The van der Waals surface area contributed by atoms with Crippen LogP contribution in [0.3, 0.4) is 0 Å². The number of aromatic nitrogens is 1. The molecule has 0 amide bonds. The Labute approximate surface area is 132 Å². The molecule has 1 fully saturated rings. The van der Waals surface area contributed by atoms with Crippen molar-refractivity contribution in [1.82, 2.24) is 15.2 Å². The molecule has 0 atom stereocenters. The second-order valence-electron chi connectivity index (χ2n) is 5.55. The van der Waals surface area contributed by atoms with E-state index in [-0.39, 0.29) is 5.78 Å². The lowest BCUT2D eigenvalue weighted by Crippen LogP contribution is -2.43. The lowest BCUT2D eigenvalue weighted by Gasteiger charge is -2.25. The van der Waals surface area contributed by atoms with Crippen molar-refractivity contribution in [3.8, 4) is 0 Å². The van der Waals surface area contributed by atoms with Crippen molar-refractivity contribution >= 4 is 16.7 Å². The van der Waals surface area contributed by atoms with Gasteiger partial charge in [0.15, 0.2) is 5.78 Å². The van der Waals surface area contributed by atoms with E-state index in [1.165, 1.54) is 32.7 Å². The van der Waals surface area contributed by atoms with Gasteiger partial charge in [-0.05, 0) is 32.5 Å². The molecule has 1 aliphatic rings. The molecule has 2 aromatic rings. The number of likely N-dealkylation sites (N-methyl/N-ethyl adjacent to an activating group) is 1. The summed E-state index contributed by atoms with van der Waals surface area (Å²) in [7, 11) is 0. The number of ketones is 1. The molecule has 0 saturated carbocycles. The van der Waals surface area contributed by atoms with Crippen molar-refractivity contribution in [2.24, 2.45) is 0 Å². The number of nitrogens with one attached hydrogen (secondary N) is 1. The molecule has 0 unspecified atom stereocenters. The number of hydrogen-bond donors (Lipinski definition) is 1. The molecule has 0 bridgehead atoms. The number of rotatable bonds is 2. The smallest absolute Gasteiger partial charge is 0.161 e. The van der Waals surface area contributed by atoms with Crippen LogP contribution in [0.25, 0.3) is 10.9 Å². The molecule has 1 saturated heterocycles. The van der Waals surface area contributed by atoms with Crippen LogP contribution in [0.4, 0.5) is 0 Å². The summed E-state index contributed by atoms with van der Waals surface area (Å²) in [5, 5.41) is 4.32. The summed E-state index contributed by atoms with van der Waals surface area (Å²) in [4.78, 5) is 18.1. The maximum atomic E-state index is 11.3. The third-order valence-corrected chi connectivity index (χ3v) is 3.95. The highest BCUT2D eigenvalue weighted by atomic mass is 16.1. The number of Topliss-reactive ketones (excluding diaryl/α,β-unsaturated/α-hetero) is 1. The minimum atomic E-state index is 0.0701. The number of para-hydroxylation sites is 1. The SMILES string of the molecule is CC(=O)c1cc2ccccc2nc1C.CCN1CCNCC1. The Kier molecular flexibility index (Phi) is 6.04. The standard InChI is InChI=1S/C12H11NO.C6H14N2/c1-8-11(9(2)14)7-10-5-3-4-6-12(10)13-8;1-2-8-5-3-7-4-6-8/h3-7H,1-2H3;7H,2-6H2,1H3. The normalized spacial score (nSPS) is 15.2. The predicted octanol–water partition coefficient (Wildman–Crippen LogP) is 2.66. The van der Waals surface area contributed by atoms with Crippen molar-refractivity contribution in [3.63, 3.8) is 0 Å². The van der Waals surface area contributed by atoms with E-state index in [9.17, 15) is 4.79 Å². The monoisotopic (exact) mass is 299 g/mol. The van der Waals surface area contributed by atoms with E-state index in [0.29, 0.717) is 5.56 Å². The van der Waals surface area contributed by atoms with Gasteiger partial charge in [0.1, 0.15) is 0 Å². The van der Waals surface area contributed by atoms with E-state index in [0.717, 1.165) is 16.6 Å². The second-order valence-corrected chi connectivity index (χ2v) is 5.55. The third kappa shape index (κ3) is 4.36. The molecule has 22 heavy (non-hydrogen) atoms. The maximum Gasteiger partial charge on any atom is 0.161 e. The number of pyridine rings is 1. The number of benzene rings is 1.